The number of rotatable bonds is 3. The Bertz CT molecular complexity index is 628. The molecule has 2 rings (SSSR count). The molecule has 0 unspecified atom stereocenters. The number of aryl methyl sites for hydroxylation is 2. The Balaban J connectivity index is 0.00000220. The van der Waals surface area contributed by atoms with E-state index in [2.05, 4.69) is 21.6 Å². The zero-order valence-electron chi connectivity index (χ0n) is 12.4. The average Bonchev–Trinajstić information content (AvgIpc) is 2.75. The van der Waals surface area contributed by atoms with Crippen LogP contribution in [0.25, 0.3) is 10.6 Å². The molecule has 0 radical (unpaired) electrons. The van der Waals surface area contributed by atoms with E-state index < -0.39 is 5.54 Å². The van der Waals surface area contributed by atoms with Crippen molar-refractivity contribution in [2.45, 2.75) is 33.2 Å². The summed E-state index contributed by atoms with van der Waals surface area (Å²) in [5.41, 5.74) is 8.14. The summed E-state index contributed by atoms with van der Waals surface area (Å²) in [5.74, 6) is -0.277. The minimum atomic E-state index is -0.939. The number of nitrogens with one attached hydrogen (secondary N) is 1. The van der Waals surface area contributed by atoms with Crippen molar-refractivity contribution in [2.75, 3.05) is 5.32 Å². The number of nitrogens with two attached hydrogens (primary N) is 1. The molecule has 21 heavy (non-hydrogen) atoms. The van der Waals surface area contributed by atoms with Crippen molar-refractivity contribution in [2.24, 2.45) is 5.73 Å². The quantitative estimate of drug-likeness (QED) is 0.908. The Morgan fingerprint density at radius 1 is 1.19 bits per heavy atom. The van der Waals surface area contributed by atoms with Crippen LogP contribution in [0.4, 0.5) is 5.13 Å². The number of carbonyl (C=O) groups is 1. The van der Waals surface area contributed by atoms with Gasteiger partial charge in [0, 0.05) is 5.56 Å². The molecule has 1 aromatic carbocycles. The van der Waals surface area contributed by atoms with Gasteiger partial charge in [-0.3, -0.25) is 10.1 Å². The number of aromatic nitrogens is 2. The van der Waals surface area contributed by atoms with Gasteiger partial charge in [0.25, 0.3) is 0 Å². The lowest BCUT2D eigenvalue weighted by Crippen LogP contribution is -2.45. The van der Waals surface area contributed by atoms with Gasteiger partial charge in [-0.15, -0.1) is 22.6 Å². The summed E-state index contributed by atoms with van der Waals surface area (Å²) < 4.78 is 0. The lowest BCUT2D eigenvalue weighted by molar-refractivity contribution is -0.120. The molecule has 7 heteroatoms. The average molecular weight is 327 g/mol. The van der Waals surface area contributed by atoms with Crippen molar-refractivity contribution in [3.8, 4) is 10.6 Å². The van der Waals surface area contributed by atoms with Gasteiger partial charge in [0.15, 0.2) is 0 Å². The maximum absolute atomic E-state index is 11.8. The summed E-state index contributed by atoms with van der Waals surface area (Å²) in [4.78, 5) is 11.8. The number of nitrogens with zero attached hydrogens (tertiary/aromatic N) is 2. The molecule has 0 aliphatic rings. The van der Waals surface area contributed by atoms with Gasteiger partial charge in [0.2, 0.25) is 11.0 Å². The molecule has 0 aliphatic carbocycles. The van der Waals surface area contributed by atoms with Gasteiger partial charge in [-0.2, -0.15) is 0 Å². The SMILES string of the molecule is Cc1cc(C)cc(-c2nnc(NC(=O)C(C)(C)N)s2)c1.Cl. The van der Waals surface area contributed by atoms with E-state index in [1.54, 1.807) is 13.8 Å². The van der Waals surface area contributed by atoms with E-state index in [0.717, 1.165) is 10.6 Å². The predicted molar refractivity (Wildman–Crippen MR) is 89.0 cm³/mol. The predicted octanol–water partition coefficient (Wildman–Crippen LogP) is 2.92. The van der Waals surface area contributed by atoms with Crippen LogP contribution in [0.3, 0.4) is 0 Å². The summed E-state index contributed by atoms with van der Waals surface area (Å²) >= 11 is 1.34. The van der Waals surface area contributed by atoms with Gasteiger partial charge in [-0.05, 0) is 39.8 Å². The summed E-state index contributed by atoms with van der Waals surface area (Å²) in [6.07, 6.45) is 0. The molecule has 0 saturated carbocycles. The van der Waals surface area contributed by atoms with E-state index in [-0.39, 0.29) is 18.3 Å². The van der Waals surface area contributed by atoms with Gasteiger partial charge in [-0.1, -0.05) is 28.5 Å². The molecule has 0 bridgehead atoms. The summed E-state index contributed by atoms with van der Waals surface area (Å²) in [7, 11) is 0. The first-order valence-corrected chi connectivity index (χ1v) is 7.10. The second-order valence-corrected chi connectivity index (χ2v) is 6.44. The fraction of sp³-hybridized carbons (Fsp3) is 0.357. The van der Waals surface area contributed by atoms with Crippen molar-refractivity contribution in [1.82, 2.24) is 10.2 Å². The molecule has 114 valence electrons. The van der Waals surface area contributed by atoms with E-state index in [9.17, 15) is 4.79 Å². The lowest BCUT2D eigenvalue weighted by atomic mass is 10.1. The van der Waals surface area contributed by atoms with Gasteiger partial charge < -0.3 is 5.73 Å². The standard InChI is InChI=1S/C14H18N4OS.ClH/c1-8-5-9(2)7-10(6-8)11-17-18-13(20-11)16-12(19)14(3,4)15;/h5-7H,15H2,1-4H3,(H,16,18,19);1H. The zero-order chi connectivity index (χ0) is 14.9. The molecule has 0 saturated heterocycles. The van der Waals surface area contributed by atoms with E-state index >= 15 is 0 Å². The third-order valence-electron chi connectivity index (χ3n) is 2.70. The van der Waals surface area contributed by atoms with Crippen molar-refractivity contribution in [1.29, 1.82) is 0 Å². The van der Waals surface area contributed by atoms with Crippen LogP contribution in [0.2, 0.25) is 0 Å². The number of anilines is 1. The largest absolute Gasteiger partial charge is 0.318 e. The molecule has 1 aromatic heterocycles. The molecule has 0 aliphatic heterocycles. The Hall–Kier alpha value is -1.50. The molecular formula is C14H19ClN4OS. The van der Waals surface area contributed by atoms with Gasteiger partial charge in [0.1, 0.15) is 5.01 Å². The highest BCUT2D eigenvalue weighted by Crippen LogP contribution is 2.28. The van der Waals surface area contributed by atoms with Crippen LogP contribution in [0.5, 0.6) is 0 Å². The van der Waals surface area contributed by atoms with Crippen molar-refractivity contribution in [3.05, 3.63) is 29.3 Å². The zero-order valence-corrected chi connectivity index (χ0v) is 14.1. The van der Waals surface area contributed by atoms with Crippen LogP contribution in [0, 0.1) is 13.8 Å². The topological polar surface area (TPSA) is 80.9 Å². The highest BCUT2D eigenvalue weighted by atomic mass is 35.5. The molecule has 0 spiro atoms. The number of hydrogen-bond donors (Lipinski definition) is 2. The minimum Gasteiger partial charge on any atom is -0.318 e. The molecule has 0 atom stereocenters. The van der Waals surface area contributed by atoms with Gasteiger partial charge >= 0.3 is 0 Å². The summed E-state index contributed by atoms with van der Waals surface area (Å²) in [5, 5.41) is 12.0. The monoisotopic (exact) mass is 326 g/mol. The van der Waals surface area contributed by atoms with E-state index in [4.69, 9.17) is 5.73 Å². The van der Waals surface area contributed by atoms with Gasteiger partial charge in [0.05, 0.1) is 5.54 Å². The lowest BCUT2D eigenvalue weighted by Gasteiger charge is -2.15. The molecule has 0 fully saturated rings. The molecule has 2 aromatic rings. The van der Waals surface area contributed by atoms with Gasteiger partial charge in [-0.25, -0.2) is 0 Å². The Morgan fingerprint density at radius 2 is 1.76 bits per heavy atom. The Labute approximate surface area is 134 Å². The fourth-order valence-electron chi connectivity index (χ4n) is 1.75. The number of hydrogen-bond acceptors (Lipinski definition) is 5. The summed E-state index contributed by atoms with van der Waals surface area (Å²) in [6, 6.07) is 6.20. The molecule has 1 heterocycles. The van der Waals surface area contributed by atoms with E-state index in [0.29, 0.717) is 5.13 Å². The maximum Gasteiger partial charge on any atom is 0.245 e. The Kier molecular flexibility index (Phi) is 5.44. The number of benzene rings is 1. The first-order chi connectivity index (χ1) is 9.25. The second-order valence-electron chi connectivity index (χ2n) is 5.46. The smallest absolute Gasteiger partial charge is 0.245 e. The van der Waals surface area contributed by atoms with Crippen molar-refractivity contribution in [3.63, 3.8) is 0 Å². The van der Waals surface area contributed by atoms with Crippen LogP contribution in [0.1, 0.15) is 25.0 Å². The van der Waals surface area contributed by atoms with Crippen molar-refractivity contribution < 1.29 is 4.79 Å². The van der Waals surface area contributed by atoms with E-state index in [1.807, 2.05) is 26.0 Å². The molecule has 1 amide bonds. The Morgan fingerprint density at radius 3 is 2.29 bits per heavy atom. The van der Waals surface area contributed by atoms with Crippen LogP contribution >= 0.6 is 23.7 Å². The normalized spacial score (nSPS) is 10.9. The van der Waals surface area contributed by atoms with Crippen LogP contribution in [-0.2, 0) is 4.79 Å². The van der Waals surface area contributed by atoms with E-state index in [1.165, 1.54) is 22.5 Å². The fourth-order valence-corrected chi connectivity index (χ4v) is 2.47. The highest BCUT2D eigenvalue weighted by molar-refractivity contribution is 7.18. The summed E-state index contributed by atoms with van der Waals surface area (Å²) in [6.45, 7) is 7.37. The number of carbonyl (C=O) groups excluding carboxylic acids is 1. The first-order valence-electron chi connectivity index (χ1n) is 6.28. The first kappa shape index (κ1) is 17.6. The third-order valence-corrected chi connectivity index (χ3v) is 3.59. The molecular weight excluding hydrogens is 308 g/mol. The molecule has 3 N–H and O–H groups in total. The number of halogens is 1. The van der Waals surface area contributed by atoms with Crippen molar-refractivity contribution >= 4 is 34.8 Å². The molecule has 5 nitrogen and oxygen atoms in total. The van der Waals surface area contributed by atoms with Crippen LogP contribution in [-0.4, -0.2) is 21.6 Å². The van der Waals surface area contributed by atoms with Crippen LogP contribution < -0.4 is 11.1 Å². The number of amides is 1. The third kappa shape index (κ3) is 4.49. The minimum absolute atomic E-state index is 0. The highest BCUT2D eigenvalue weighted by Gasteiger charge is 2.23. The second kappa shape index (κ2) is 6.51. The van der Waals surface area contributed by atoms with Crippen LogP contribution in [0.15, 0.2) is 18.2 Å². The maximum atomic E-state index is 11.8.